The first-order valence-corrected chi connectivity index (χ1v) is 10.2. The summed E-state index contributed by atoms with van der Waals surface area (Å²) in [4.78, 5) is 13.9. The van der Waals surface area contributed by atoms with E-state index in [1.807, 2.05) is 16.7 Å². The number of hydrogen-bond donors (Lipinski definition) is 1. The Labute approximate surface area is 166 Å². The van der Waals surface area contributed by atoms with Crippen LogP contribution in [0.15, 0.2) is 49.5 Å². The van der Waals surface area contributed by atoms with Crippen LogP contribution in [0.1, 0.15) is 31.3 Å². The van der Waals surface area contributed by atoms with Crippen LogP contribution >= 0.6 is 11.8 Å². The molecule has 9 heteroatoms. The van der Waals surface area contributed by atoms with Gasteiger partial charge in [-0.3, -0.25) is 9.36 Å². The van der Waals surface area contributed by atoms with E-state index in [1.54, 1.807) is 6.26 Å². The molecular formula is C19H22N4O4S. The fourth-order valence-corrected chi connectivity index (χ4v) is 4.01. The van der Waals surface area contributed by atoms with Crippen LogP contribution in [0.25, 0.3) is 0 Å². The molecule has 1 aliphatic heterocycles. The van der Waals surface area contributed by atoms with Crippen LogP contribution in [0, 0.1) is 5.92 Å². The summed E-state index contributed by atoms with van der Waals surface area (Å²) in [5, 5.41) is 18.9. The SMILES string of the molecule is CC1CCN(c2nnc(SCc3cc(=O)c(O)co3)n2Cc2ccco2)CC1. The van der Waals surface area contributed by atoms with Crippen molar-refractivity contribution < 1.29 is 13.9 Å². The van der Waals surface area contributed by atoms with Gasteiger partial charge in [-0.05, 0) is 30.9 Å². The van der Waals surface area contributed by atoms with Crippen molar-refractivity contribution in [3.63, 3.8) is 0 Å². The van der Waals surface area contributed by atoms with Crippen LogP contribution in [0.5, 0.6) is 5.75 Å². The lowest BCUT2D eigenvalue weighted by Gasteiger charge is -2.31. The Morgan fingerprint density at radius 2 is 2.07 bits per heavy atom. The molecule has 3 aromatic rings. The van der Waals surface area contributed by atoms with Gasteiger partial charge in [0, 0.05) is 19.2 Å². The highest BCUT2D eigenvalue weighted by molar-refractivity contribution is 7.98. The molecule has 8 nitrogen and oxygen atoms in total. The monoisotopic (exact) mass is 402 g/mol. The molecule has 0 unspecified atom stereocenters. The van der Waals surface area contributed by atoms with Gasteiger partial charge in [0.15, 0.2) is 10.9 Å². The largest absolute Gasteiger partial charge is 0.502 e. The Balaban J connectivity index is 1.57. The Bertz CT molecular complexity index is 974. The van der Waals surface area contributed by atoms with Crippen LogP contribution in [-0.4, -0.2) is 33.0 Å². The molecule has 1 N–H and O–H groups in total. The van der Waals surface area contributed by atoms with Crippen molar-refractivity contribution in [2.45, 2.75) is 37.2 Å². The van der Waals surface area contributed by atoms with Crippen molar-refractivity contribution >= 4 is 17.7 Å². The highest BCUT2D eigenvalue weighted by Crippen LogP contribution is 2.28. The van der Waals surface area contributed by atoms with Gasteiger partial charge in [0.05, 0.1) is 18.6 Å². The summed E-state index contributed by atoms with van der Waals surface area (Å²) >= 11 is 1.43. The number of aromatic nitrogens is 3. The first-order valence-electron chi connectivity index (χ1n) is 9.24. The summed E-state index contributed by atoms with van der Waals surface area (Å²) in [5.74, 6) is 2.86. The molecule has 0 atom stereocenters. The molecule has 0 saturated carbocycles. The van der Waals surface area contributed by atoms with Crippen LogP contribution in [0.4, 0.5) is 5.95 Å². The van der Waals surface area contributed by atoms with Crippen LogP contribution in [0.3, 0.4) is 0 Å². The van der Waals surface area contributed by atoms with Crippen LogP contribution in [-0.2, 0) is 12.3 Å². The fraction of sp³-hybridized carbons (Fsp3) is 0.421. The number of rotatable bonds is 6. The second kappa shape index (κ2) is 8.14. The summed E-state index contributed by atoms with van der Waals surface area (Å²) in [5.41, 5.74) is -0.456. The number of nitrogens with zero attached hydrogens (tertiary/aromatic N) is 4. The molecular weight excluding hydrogens is 380 g/mol. The van der Waals surface area contributed by atoms with E-state index in [9.17, 15) is 9.90 Å². The summed E-state index contributed by atoms with van der Waals surface area (Å²) in [6.07, 6.45) is 4.98. The minimum absolute atomic E-state index is 0.392. The number of furan rings is 1. The van der Waals surface area contributed by atoms with Gasteiger partial charge in [0.25, 0.3) is 0 Å². The topological polar surface area (TPSA) is 97.5 Å². The van der Waals surface area contributed by atoms with Crippen molar-refractivity contribution in [2.75, 3.05) is 18.0 Å². The Morgan fingerprint density at radius 3 is 2.79 bits per heavy atom. The molecule has 0 amide bonds. The van der Waals surface area contributed by atoms with Gasteiger partial charge < -0.3 is 18.8 Å². The molecule has 3 aromatic heterocycles. The molecule has 148 valence electrons. The molecule has 1 fully saturated rings. The zero-order chi connectivity index (χ0) is 19.5. The average Bonchev–Trinajstić information content (AvgIpc) is 3.34. The normalized spacial score (nSPS) is 15.2. The molecule has 0 radical (unpaired) electrons. The van der Waals surface area contributed by atoms with E-state index in [0.29, 0.717) is 18.1 Å². The Kier molecular flexibility index (Phi) is 5.43. The molecule has 4 heterocycles. The smallest absolute Gasteiger partial charge is 0.228 e. The van der Waals surface area contributed by atoms with Gasteiger partial charge in [-0.15, -0.1) is 10.2 Å². The van der Waals surface area contributed by atoms with Gasteiger partial charge in [-0.1, -0.05) is 18.7 Å². The first kappa shape index (κ1) is 18.7. The third kappa shape index (κ3) is 4.09. The highest BCUT2D eigenvalue weighted by atomic mass is 32.2. The molecule has 4 rings (SSSR count). The van der Waals surface area contributed by atoms with Crippen molar-refractivity contribution in [1.82, 2.24) is 14.8 Å². The zero-order valence-electron chi connectivity index (χ0n) is 15.6. The number of anilines is 1. The van der Waals surface area contributed by atoms with Gasteiger partial charge in [0.2, 0.25) is 11.4 Å². The number of piperidine rings is 1. The van der Waals surface area contributed by atoms with Gasteiger partial charge >= 0.3 is 0 Å². The van der Waals surface area contributed by atoms with E-state index in [-0.39, 0.29) is 0 Å². The summed E-state index contributed by atoms with van der Waals surface area (Å²) in [6, 6.07) is 5.08. The minimum Gasteiger partial charge on any atom is -0.502 e. The Hall–Kier alpha value is -2.68. The first-order chi connectivity index (χ1) is 13.6. The second-order valence-corrected chi connectivity index (χ2v) is 7.94. The summed E-state index contributed by atoms with van der Waals surface area (Å²) < 4.78 is 12.8. The lowest BCUT2D eigenvalue weighted by molar-refractivity contribution is 0.419. The third-order valence-electron chi connectivity index (χ3n) is 4.87. The predicted octanol–water partition coefficient (Wildman–Crippen LogP) is 3.11. The molecule has 0 bridgehead atoms. The highest BCUT2D eigenvalue weighted by Gasteiger charge is 2.23. The molecule has 0 aliphatic carbocycles. The molecule has 0 aromatic carbocycles. The Morgan fingerprint density at radius 1 is 1.25 bits per heavy atom. The van der Waals surface area contributed by atoms with E-state index >= 15 is 0 Å². The lowest BCUT2D eigenvalue weighted by Crippen LogP contribution is -2.35. The summed E-state index contributed by atoms with van der Waals surface area (Å²) in [6.45, 7) is 4.71. The van der Waals surface area contributed by atoms with E-state index in [4.69, 9.17) is 8.83 Å². The number of aromatic hydroxyl groups is 1. The standard InChI is InChI=1S/C19H22N4O4S/c1-13-4-6-22(7-5-13)18-20-21-19(23(18)10-14-3-2-8-26-14)28-12-15-9-16(24)17(25)11-27-15/h2-3,8-9,11,13,25H,4-7,10,12H2,1H3. The van der Waals surface area contributed by atoms with E-state index < -0.39 is 11.2 Å². The van der Waals surface area contributed by atoms with Crippen molar-refractivity contribution in [3.05, 3.63) is 52.5 Å². The van der Waals surface area contributed by atoms with Gasteiger partial charge in [0.1, 0.15) is 17.8 Å². The second-order valence-electron chi connectivity index (χ2n) is 7.00. The maximum absolute atomic E-state index is 11.6. The number of hydrogen-bond acceptors (Lipinski definition) is 8. The van der Waals surface area contributed by atoms with Crippen molar-refractivity contribution in [3.8, 4) is 5.75 Å². The zero-order valence-corrected chi connectivity index (χ0v) is 16.4. The van der Waals surface area contributed by atoms with Gasteiger partial charge in [-0.25, -0.2) is 0 Å². The van der Waals surface area contributed by atoms with Crippen molar-refractivity contribution in [2.24, 2.45) is 5.92 Å². The predicted molar refractivity (Wildman–Crippen MR) is 105 cm³/mol. The fourth-order valence-electron chi connectivity index (χ4n) is 3.18. The van der Waals surface area contributed by atoms with E-state index in [2.05, 4.69) is 22.0 Å². The summed E-state index contributed by atoms with van der Waals surface area (Å²) in [7, 11) is 0. The van der Waals surface area contributed by atoms with E-state index in [0.717, 1.165) is 55.0 Å². The maximum atomic E-state index is 11.6. The van der Waals surface area contributed by atoms with Crippen LogP contribution < -0.4 is 10.3 Å². The van der Waals surface area contributed by atoms with Gasteiger partial charge in [-0.2, -0.15) is 0 Å². The minimum atomic E-state index is -0.456. The lowest BCUT2D eigenvalue weighted by atomic mass is 10.00. The molecule has 1 aliphatic rings. The van der Waals surface area contributed by atoms with Crippen LogP contribution in [0.2, 0.25) is 0 Å². The molecule has 1 saturated heterocycles. The molecule has 28 heavy (non-hydrogen) atoms. The van der Waals surface area contributed by atoms with Crippen molar-refractivity contribution in [1.29, 1.82) is 0 Å². The average molecular weight is 402 g/mol. The maximum Gasteiger partial charge on any atom is 0.228 e. The molecule has 0 spiro atoms. The quantitative estimate of drug-likeness (QED) is 0.628. The third-order valence-corrected chi connectivity index (χ3v) is 5.86. The van der Waals surface area contributed by atoms with E-state index in [1.165, 1.54) is 17.8 Å². The number of thioether (sulfide) groups is 1.